The van der Waals surface area contributed by atoms with Crippen LogP contribution in [0.25, 0.3) is 15.9 Å². The van der Waals surface area contributed by atoms with Gasteiger partial charge in [0.15, 0.2) is 11.5 Å². The minimum atomic E-state index is -0.0150. The van der Waals surface area contributed by atoms with Gasteiger partial charge in [-0.2, -0.15) is 0 Å². The highest BCUT2D eigenvalue weighted by atomic mass is 32.2. The lowest BCUT2D eigenvalue weighted by Gasteiger charge is -2.03. The first-order valence-electron chi connectivity index (χ1n) is 7.77. The summed E-state index contributed by atoms with van der Waals surface area (Å²) >= 11 is 3.24. The first-order chi connectivity index (χ1) is 12.3. The molecule has 3 aromatic heterocycles. The second-order valence-electron chi connectivity index (χ2n) is 5.39. The zero-order valence-corrected chi connectivity index (χ0v) is 14.9. The molecule has 0 saturated heterocycles. The maximum atomic E-state index is 12.0. The molecular weight excluding hydrogens is 354 g/mol. The van der Waals surface area contributed by atoms with E-state index in [-0.39, 0.29) is 5.91 Å². The number of hydrogen-bond donors (Lipinski definition) is 1. The van der Waals surface area contributed by atoms with E-state index < -0.39 is 0 Å². The topological polar surface area (TPSA) is 72.2 Å². The summed E-state index contributed by atoms with van der Waals surface area (Å²) in [4.78, 5) is 16.6. The number of thioether (sulfide) groups is 1. The summed E-state index contributed by atoms with van der Waals surface area (Å²) in [6.45, 7) is 0.367. The molecule has 0 aliphatic heterocycles. The summed E-state index contributed by atoms with van der Waals surface area (Å²) < 4.78 is 3.05. The van der Waals surface area contributed by atoms with Crippen LogP contribution in [0.5, 0.6) is 0 Å². The van der Waals surface area contributed by atoms with Crippen LogP contribution in [0.15, 0.2) is 48.7 Å². The van der Waals surface area contributed by atoms with Crippen molar-refractivity contribution in [1.82, 2.24) is 24.9 Å². The monoisotopic (exact) mass is 369 g/mol. The predicted octanol–water partition coefficient (Wildman–Crippen LogP) is 2.89. The third kappa shape index (κ3) is 3.64. The maximum absolute atomic E-state index is 12.0. The molecule has 0 saturated carbocycles. The zero-order chi connectivity index (χ0) is 17.1. The maximum Gasteiger partial charge on any atom is 0.230 e. The van der Waals surface area contributed by atoms with Crippen molar-refractivity contribution in [2.24, 2.45) is 0 Å². The van der Waals surface area contributed by atoms with E-state index in [0.29, 0.717) is 12.3 Å². The standard InChI is InChI=1S/C17H15N5OS2/c23-16(18-9-15-21-20-14-7-3-4-8-22(14)15)10-24-11-17-19-12-5-1-2-6-13(12)25-17/h1-8H,9-11H2,(H,18,23). The molecule has 1 amide bonds. The number of carbonyl (C=O) groups is 1. The van der Waals surface area contributed by atoms with Gasteiger partial charge in [-0.25, -0.2) is 4.98 Å². The molecule has 0 atom stereocenters. The summed E-state index contributed by atoms with van der Waals surface area (Å²) in [5.74, 6) is 1.84. The molecule has 0 radical (unpaired) electrons. The SMILES string of the molecule is O=C(CSCc1nc2ccccc2s1)NCc1nnc2ccccn12. The summed E-state index contributed by atoms with van der Waals surface area (Å²) in [5, 5.41) is 12.1. The van der Waals surface area contributed by atoms with E-state index in [9.17, 15) is 4.79 Å². The van der Waals surface area contributed by atoms with Crippen molar-refractivity contribution in [3.05, 3.63) is 59.5 Å². The largest absolute Gasteiger partial charge is 0.348 e. The van der Waals surface area contributed by atoms with Gasteiger partial charge in [0, 0.05) is 11.9 Å². The van der Waals surface area contributed by atoms with E-state index in [4.69, 9.17) is 0 Å². The van der Waals surface area contributed by atoms with E-state index in [2.05, 4.69) is 26.6 Å². The first kappa shape index (κ1) is 16.0. The van der Waals surface area contributed by atoms with Gasteiger partial charge < -0.3 is 5.32 Å². The molecule has 0 unspecified atom stereocenters. The highest BCUT2D eigenvalue weighted by Crippen LogP contribution is 2.24. The Bertz CT molecular complexity index is 993. The Morgan fingerprint density at radius 1 is 1.16 bits per heavy atom. The number of fused-ring (bicyclic) bond motifs is 2. The highest BCUT2D eigenvalue weighted by molar-refractivity contribution is 7.99. The summed E-state index contributed by atoms with van der Waals surface area (Å²) in [6, 6.07) is 13.8. The molecule has 8 heteroatoms. The van der Waals surface area contributed by atoms with Crippen LogP contribution in [0.1, 0.15) is 10.8 Å². The number of pyridine rings is 1. The van der Waals surface area contributed by atoms with Crippen molar-refractivity contribution in [1.29, 1.82) is 0 Å². The van der Waals surface area contributed by atoms with Crippen LogP contribution in [-0.4, -0.2) is 31.2 Å². The number of nitrogens with one attached hydrogen (secondary N) is 1. The van der Waals surface area contributed by atoms with Crippen LogP contribution in [0.3, 0.4) is 0 Å². The molecule has 0 bridgehead atoms. The van der Waals surface area contributed by atoms with E-state index in [1.54, 1.807) is 23.1 Å². The Labute approximate surface area is 152 Å². The molecule has 0 spiro atoms. The highest BCUT2D eigenvalue weighted by Gasteiger charge is 2.08. The van der Waals surface area contributed by atoms with Gasteiger partial charge in [0.25, 0.3) is 0 Å². The molecule has 0 aliphatic carbocycles. The van der Waals surface area contributed by atoms with Gasteiger partial charge in [0.1, 0.15) is 5.01 Å². The Morgan fingerprint density at radius 2 is 2.04 bits per heavy atom. The molecule has 25 heavy (non-hydrogen) atoms. The van der Waals surface area contributed by atoms with Crippen LogP contribution >= 0.6 is 23.1 Å². The molecule has 1 aromatic carbocycles. The summed E-state index contributed by atoms with van der Waals surface area (Å²) in [6.07, 6.45) is 1.89. The fourth-order valence-corrected chi connectivity index (χ4v) is 4.33. The fraction of sp³-hybridized carbons (Fsp3) is 0.176. The number of thiazole rings is 1. The number of rotatable bonds is 6. The van der Waals surface area contributed by atoms with Crippen molar-refractivity contribution in [2.75, 3.05) is 5.75 Å². The average Bonchev–Trinajstić information content (AvgIpc) is 3.23. The Morgan fingerprint density at radius 3 is 2.96 bits per heavy atom. The molecule has 4 aromatic rings. The smallest absolute Gasteiger partial charge is 0.230 e. The van der Waals surface area contributed by atoms with E-state index >= 15 is 0 Å². The molecule has 0 fully saturated rings. The Hall–Kier alpha value is -2.45. The minimum absolute atomic E-state index is 0.0150. The lowest BCUT2D eigenvalue weighted by molar-refractivity contribution is -0.118. The third-order valence-corrected chi connectivity index (χ3v) is 5.79. The number of carbonyl (C=O) groups excluding carboxylic acids is 1. The van der Waals surface area contributed by atoms with Gasteiger partial charge in [-0.15, -0.1) is 33.3 Å². The van der Waals surface area contributed by atoms with Crippen LogP contribution in [0, 0.1) is 0 Å². The summed E-state index contributed by atoms with van der Waals surface area (Å²) in [7, 11) is 0. The van der Waals surface area contributed by atoms with E-state index in [1.807, 2.05) is 47.0 Å². The lowest BCUT2D eigenvalue weighted by atomic mass is 10.3. The van der Waals surface area contributed by atoms with Gasteiger partial charge in [-0.05, 0) is 24.3 Å². The van der Waals surface area contributed by atoms with Crippen LogP contribution < -0.4 is 5.32 Å². The van der Waals surface area contributed by atoms with E-state index in [1.165, 1.54) is 4.70 Å². The molecule has 4 rings (SSSR count). The van der Waals surface area contributed by atoms with E-state index in [0.717, 1.165) is 27.7 Å². The molecule has 1 N–H and O–H groups in total. The van der Waals surface area contributed by atoms with Gasteiger partial charge in [0.2, 0.25) is 5.91 Å². The minimum Gasteiger partial charge on any atom is -0.348 e. The van der Waals surface area contributed by atoms with Gasteiger partial charge in [0.05, 0.1) is 22.5 Å². The normalized spacial score (nSPS) is 11.2. The lowest BCUT2D eigenvalue weighted by Crippen LogP contribution is -2.25. The van der Waals surface area contributed by atoms with Crippen molar-refractivity contribution >= 4 is 44.9 Å². The van der Waals surface area contributed by atoms with Crippen molar-refractivity contribution in [3.63, 3.8) is 0 Å². The van der Waals surface area contributed by atoms with Crippen molar-refractivity contribution in [2.45, 2.75) is 12.3 Å². The fourth-order valence-electron chi connectivity index (χ4n) is 2.45. The number of hydrogen-bond acceptors (Lipinski definition) is 6. The van der Waals surface area contributed by atoms with Crippen LogP contribution in [-0.2, 0) is 17.1 Å². The van der Waals surface area contributed by atoms with Crippen LogP contribution in [0.4, 0.5) is 0 Å². The second-order valence-corrected chi connectivity index (χ2v) is 7.49. The molecule has 6 nitrogen and oxygen atoms in total. The zero-order valence-electron chi connectivity index (χ0n) is 13.3. The molecular formula is C17H15N5OS2. The average molecular weight is 369 g/mol. The predicted molar refractivity (Wildman–Crippen MR) is 101 cm³/mol. The van der Waals surface area contributed by atoms with Crippen LogP contribution in [0.2, 0.25) is 0 Å². The van der Waals surface area contributed by atoms with Crippen molar-refractivity contribution < 1.29 is 4.79 Å². The Kier molecular flexibility index (Phi) is 4.62. The number of aromatic nitrogens is 4. The number of benzene rings is 1. The van der Waals surface area contributed by atoms with Gasteiger partial charge in [-0.1, -0.05) is 18.2 Å². The number of nitrogens with zero attached hydrogens (tertiary/aromatic N) is 4. The second kappa shape index (κ2) is 7.20. The van der Waals surface area contributed by atoms with Crippen molar-refractivity contribution in [3.8, 4) is 0 Å². The molecule has 0 aliphatic rings. The quantitative estimate of drug-likeness (QED) is 0.566. The third-order valence-electron chi connectivity index (χ3n) is 3.62. The molecule has 3 heterocycles. The Balaban J connectivity index is 1.27. The number of para-hydroxylation sites is 1. The first-order valence-corrected chi connectivity index (χ1v) is 9.74. The molecule has 126 valence electrons. The number of amides is 1. The summed E-state index contributed by atoms with van der Waals surface area (Å²) in [5.41, 5.74) is 1.79. The van der Waals surface area contributed by atoms with Gasteiger partial charge >= 0.3 is 0 Å². The van der Waals surface area contributed by atoms with Gasteiger partial charge in [-0.3, -0.25) is 9.20 Å².